The molecule has 1 aliphatic rings. The van der Waals surface area contributed by atoms with Gasteiger partial charge in [-0.05, 0) is 30.3 Å². The van der Waals surface area contributed by atoms with Crippen molar-refractivity contribution in [1.29, 1.82) is 0 Å². The van der Waals surface area contributed by atoms with Crippen LogP contribution in [0, 0.1) is 0 Å². The number of hydrogen-bond acceptors (Lipinski definition) is 5. The maximum Gasteiger partial charge on any atom is 0.256 e. The summed E-state index contributed by atoms with van der Waals surface area (Å²) in [6, 6.07) is 13.6. The third-order valence-electron chi connectivity index (χ3n) is 4.61. The molecular formula is C18H13N5O3S. The van der Waals surface area contributed by atoms with Crippen molar-refractivity contribution >= 4 is 38.0 Å². The largest absolute Gasteiger partial charge is 0.321 e. The van der Waals surface area contributed by atoms with Crippen molar-refractivity contribution in [3.8, 4) is 0 Å². The van der Waals surface area contributed by atoms with E-state index in [1.54, 1.807) is 47.0 Å². The lowest BCUT2D eigenvalue weighted by Gasteiger charge is -2.11. The summed E-state index contributed by atoms with van der Waals surface area (Å²) in [6.45, 7) is 0.0587. The average molecular weight is 379 g/mol. The van der Waals surface area contributed by atoms with Gasteiger partial charge in [0.25, 0.3) is 5.91 Å². The Bertz CT molecular complexity index is 1340. The molecule has 0 radical (unpaired) electrons. The first kappa shape index (κ1) is 15.9. The molecule has 27 heavy (non-hydrogen) atoms. The molecule has 4 aromatic rings. The maximum atomic E-state index is 13.0. The molecule has 2 N–H and O–H groups in total. The molecular weight excluding hydrogens is 366 g/mol. The Hall–Kier alpha value is -3.30. The number of carbonyl (C=O) groups is 1. The second-order valence-corrected chi connectivity index (χ2v) is 7.90. The first-order valence-electron chi connectivity index (χ1n) is 8.19. The van der Waals surface area contributed by atoms with E-state index in [0.717, 1.165) is 0 Å². The van der Waals surface area contributed by atoms with Gasteiger partial charge in [0.05, 0.1) is 17.1 Å². The molecule has 0 atom stereocenters. The molecule has 0 bridgehead atoms. The number of amides is 1. The number of sulfonamides is 1. The van der Waals surface area contributed by atoms with Crippen molar-refractivity contribution in [3.05, 3.63) is 66.1 Å². The van der Waals surface area contributed by atoms with Crippen LogP contribution in [0.5, 0.6) is 0 Å². The smallest absolute Gasteiger partial charge is 0.256 e. The lowest BCUT2D eigenvalue weighted by molar-refractivity contribution is 0.103. The van der Waals surface area contributed by atoms with Crippen LogP contribution in [0.25, 0.3) is 16.4 Å². The minimum absolute atomic E-state index is 0.0587. The fraction of sp³-hybridized carbons (Fsp3) is 0.0556. The summed E-state index contributed by atoms with van der Waals surface area (Å²) < 4.78 is 30.1. The van der Waals surface area contributed by atoms with Crippen LogP contribution in [-0.4, -0.2) is 28.9 Å². The summed E-state index contributed by atoms with van der Waals surface area (Å²) in [6.07, 6.45) is 1.42. The SMILES string of the molecule is O=C1Nc2ccc(S(=O)(=O)NCc3cccc4ncnn34)c3cccc1c23. The topological polar surface area (TPSA) is 105 Å². The van der Waals surface area contributed by atoms with Gasteiger partial charge >= 0.3 is 0 Å². The number of rotatable bonds is 4. The monoisotopic (exact) mass is 379 g/mol. The van der Waals surface area contributed by atoms with Gasteiger partial charge in [-0.15, -0.1) is 0 Å². The van der Waals surface area contributed by atoms with E-state index in [9.17, 15) is 13.2 Å². The van der Waals surface area contributed by atoms with Gasteiger partial charge in [-0.1, -0.05) is 18.2 Å². The highest BCUT2D eigenvalue weighted by atomic mass is 32.2. The molecule has 1 aliphatic heterocycles. The predicted octanol–water partition coefficient (Wildman–Crippen LogP) is 1.93. The first-order valence-corrected chi connectivity index (χ1v) is 9.67. The van der Waals surface area contributed by atoms with Gasteiger partial charge in [0.2, 0.25) is 10.0 Å². The lowest BCUT2D eigenvalue weighted by Crippen LogP contribution is -2.24. The Balaban J connectivity index is 1.56. The fourth-order valence-electron chi connectivity index (χ4n) is 3.38. The lowest BCUT2D eigenvalue weighted by atomic mass is 10.1. The van der Waals surface area contributed by atoms with E-state index in [-0.39, 0.29) is 17.3 Å². The Morgan fingerprint density at radius 3 is 2.81 bits per heavy atom. The van der Waals surface area contributed by atoms with E-state index in [2.05, 4.69) is 20.1 Å². The molecule has 2 aromatic carbocycles. The van der Waals surface area contributed by atoms with E-state index in [4.69, 9.17) is 0 Å². The Morgan fingerprint density at radius 1 is 1.07 bits per heavy atom. The van der Waals surface area contributed by atoms with Crippen molar-refractivity contribution < 1.29 is 13.2 Å². The molecule has 2 aromatic heterocycles. The van der Waals surface area contributed by atoms with E-state index in [0.29, 0.717) is 33.4 Å². The zero-order valence-electron chi connectivity index (χ0n) is 13.9. The molecule has 5 rings (SSSR count). The van der Waals surface area contributed by atoms with Crippen LogP contribution in [0.3, 0.4) is 0 Å². The summed E-state index contributed by atoms with van der Waals surface area (Å²) >= 11 is 0. The Labute approximate surface area is 153 Å². The van der Waals surface area contributed by atoms with E-state index in [1.165, 1.54) is 12.4 Å². The van der Waals surface area contributed by atoms with Crippen molar-refractivity contribution in [2.24, 2.45) is 0 Å². The number of nitrogens with zero attached hydrogens (tertiary/aromatic N) is 3. The molecule has 0 saturated carbocycles. The molecule has 0 saturated heterocycles. The fourth-order valence-corrected chi connectivity index (χ4v) is 4.58. The number of aromatic nitrogens is 3. The molecule has 8 nitrogen and oxygen atoms in total. The number of anilines is 1. The minimum Gasteiger partial charge on any atom is -0.321 e. The van der Waals surface area contributed by atoms with Gasteiger partial charge in [-0.3, -0.25) is 4.79 Å². The molecule has 134 valence electrons. The second kappa shape index (κ2) is 5.60. The van der Waals surface area contributed by atoms with Gasteiger partial charge in [-0.2, -0.15) is 5.10 Å². The van der Waals surface area contributed by atoms with E-state index < -0.39 is 10.0 Å². The van der Waals surface area contributed by atoms with Crippen LogP contribution in [0.1, 0.15) is 16.1 Å². The second-order valence-electron chi connectivity index (χ2n) is 6.17. The van der Waals surface area contributed by atoms with Gasteiger partial charge in [0.1, 0.15) is 6.33 Å². The van der Waals surface area contributed by atoms with Gasteiger partial charge in [0.15, 0.2) is 5.65 Å². The number of pyridine rings is 1. The molecule has 0 spiro atoms. The highest BCUT2D eigenvalue weighted by Crippen LogP contribution is 2.36. The zero-order chi connectivity index (χ0) is 18.6. The van der Waals surface area contributed by atoms with Crippen LogP contribution in [0.2, 0.25) is 0 Å². The number of benzene rings is 2. The normalized spacial score (nSPS) is 13.4. The summed E-state index contributed by atoms with van der Waals surface area (Å²) in [5.74, 6) is -0.226. The van der Waals surface area contributed by atoms with Gasteiger partial charge in [-0.25, -0.2) is 22.6 Å². The highest BCUT2D eigenvalue weighted by Gasteiger charge is 2.26. The molecule has 1 amide bonds. The average Bonchev–Trinajstić information content (AvgIpc) is 3.26. The van der Waals surface area contributed by atoms with Crippen LogP contribution in [0.4, 0.5) is 5.69 Å². The summed E-state index contributed by atoms with van der Waals surface area (Å²) in [5.41, 5.74) is 2.40. The minimum atomic E-state index is -3.81. The van der Waals surface area contributed by atoms with Crippen molar-refractivity contribution in [2.45, 2.75) is 11.4 Å². The van der Waals surface area contributed by atoms with Crippen LogP contribution < -0.4 is 10.0 Å². The predicted molar refractivity (Wildman–Crippen MR) is 98.9 cm³/mol. The van der Waals surface area contributed by atoms with Crippen LogP contribution >= 0.6 is 0 Å². The van der Waals surface area contributed by atoms with Crippen molar-refractivity contribution in [2.75, 3.05) is 5.32 Å². The molecule has 0 unspecified atom stereocenters. The summed E-state index contributed by atoms with van der Waals surface area (Å²) in [5, 5.41) is 8.00. The van der Waals surface area contributed by atoms with E-state index in [1.807, 2.05) is 0 Å². The van der Waals surface area contributed by atoms with Gasteiger partial charge < -0.3 is 5.32 Å². The molecule has 3 heterocycles. The molecule has 0 fully saturated rings. The summed E-state index contributed by atoms with van der Waals surface area (Å²) in [4.78, 5) is 16.2. The van der Waals surface area contributed by atoms with Crippen LogP contribution in [-0.2, 0) is 16.6 Å². The first-order chi connectivity index (χ1) is 13.0. The standard InChI is InChI=1S/C18H13N5O3S/c24-18-13-5-2-4-12-15(8-7-14(22-18)17(12)13)27(25,26)21-9-11-3-1-6-16-19-10-20-23(11)16/h1-8,10,21H,9H2,(H,22,24). The summed E-state index contributed by atoms with van der Waals surface area (Å²) in [7, 11) is -3.81. The number of hydrogen-bond donors (Lipinski definition) is 2. The number of nitrogens with one attached hydrogen (secondary N) is 2. The third kappa shape index (κ3) is 2.40. The van der Waals surface area contributed by atoms with E-state index >= 15 is 0 Å². The van der Waals surface area contributed by atoms with Crippen LogP contribution in [0.15, 0.2) is 59.8 Å². The Kier molecular flexibility index (Phi) is 3.30. The maximum absolute atomic E-state index is 13.0. The number of fused-ring (bicyclic) bond motifs is 1. The van der Waals surface area contributed by atoms with Crippen molar-refractivity contribution in [3.63, 3.8) is 0 Å². The van der Waals surface area contributed by atoms with Crippen molar-refractivity contribution in [1.82, 2.24) is 19.3 Å². The van der Waals surface area contributed by atoms with Gasteiger partial charge in [0, 0.05) is 22.0 Å². The highest BCUT2D eigenvalue weighted by molar-refractivity contribution is 7.89. The molecule has 0 aliphatic carbocycles. The quantitative estimate of drug-likeness (QED) is 0.564. The molecule has 9 heteroatoms. The number of carbonyl (C=O) groups excluding carboxylic acids is 1. The Morgan fingerprint density at radius 2 is 1.93 bits per heavy atom. The zero-order valence-corrected chi connectivity index (χ0v) is 14.7. The third-order valence-corrected chi connectivity index (χ3v) is 6.07.